The largest absolute Gasteiger partial charge is 0.378 e. The second-order valence-corrected chi connectivity index (χ2v) is 5.29. The summed E-state index contributed by atoms with van der Waals surface area (Å²) in [5.74, 6) is 0.505. The number of nitrogens with zero attached hydrogens (tertiary/aromatic N) is 1. The molecule has 0 spiro atoms. The first-order valence-electron chi connectivity index (χ1n) is 6.20. The van der Waals surface area contributed by atoms with Crippen LogP contribution < -0.4 is 5.32 Å². The number of nitrogens with one attached hydrogen (secondary N) is 1. The molecule has 0 aliphatic carbocycles. The molecule has 0 fully saturated rings. The van der Waals surface area contributed by atoms with E-state index in [1.807, 2.05) is 24.5 Å². The number of fused-ring (bicyclic) bond motifs is 1. The van der Waals surface area contributed by atoms with Gasteiger partial charge in [0.05, 0.1) is 6.04 Å². The summed E-state index contributed by atoms with van der Waals surface area (Å²) in [4.78, 5) is 4.19. The van der Waals surface area contributed by atoms with Gasteiger partial charge in [-0.05, 0) is 47.7 Å². The summed E-state index contributed by atoms with van der Waals surface area (Å²) in [5.41, 5.74) is 3.74. The maximum Gasteiger partial charge on any atom is 0.0534 e. The Hall–Kier alpha value is -1.54. The molecule has 2 heterocycles. The standard InChI is InChI=1S/C15H15ClN2/c1-10-7-15(11-3-2-6-17-9-11)18-14-5-4-12(16)8-13(10)14/h2-6,8-10,15,18H,7H2,1H3. The molecule has 3 heteroatoms. The third-order valence-electron chi connectivity index (χ3n) is 3.55. The van der Waals surface area contributed by atoms with E-state index in [0.717, 1.165) is 11.4 Å². The summed E-state index contributed by atoms with van der Waals surface area (Å²) >= 11 is 6.06. The number of rotatable bonds is 1. The molecule has 2 aromatic rings. The highest BCUT2D eigenvalue weighted by molar-refractivity contribution is 6.30. The molecule has 1 aromatic carbocycles. The van der Waals surface area contributed by atoms with Gasteiger partial charge in [0, 0.05) is 23.1 Å². The molecule has 0 bridgehead atoms. The minimum Gasteiger partial charge on any atom is -0.378 e. The molecule has 0 saturated heterocycles. The summed E-state index contributed by atoms with van der Waals surface area (Å²) in [5, 5.41) is 4.38. The quantitative estimate of drug-likeness (QED) is 0.820. The van der Waals surface area contributed by atoms with Crippen LogP contribution in [0.2, 0.25) is 5.02 Å². The lowest BCUT2D eigenvalue weighted by Gasteiger charge is -2.31. The second-order valence-electron chi connectivity index (χ2n) is 4.85. The number of halogens is 1. The molecule has 1 aliphatic rings. The van der Waals surface area contributed by atoms with Gasteiger partial charge in [0.1, 0.15) is 0 Å². The fraction of sp³-hybridized carbons (Fsp3) is 0.267. The summed E-state index contributed by atoms with van der Waals surface area (Å²) in [6.07, 6.45) is 4.81. The zero-order valence-electron chi connectivity index (χ0n) is 10.2. The van der Waals surface area contributed by atoms with Crippen LogP contribution >= 0.6 is 11.6 Å². The third kappa shape index (κ3) is 2.08. The Balaban J connectivity index is 1.95. The number of aromatic nitrogens is 1. The fourth-order valence-corrected chi connectivity index (χ4v) is 2.78. The zero-order valence-corrected chi connectivity index (χ0v) is 11.0. The number of pyridine rings is 1. The first-order chi connectivity index (χ1) is 8.74. The van der Waals surface area contributed by atoms with E-state index in [1.54, 1.807) is 0 Å². The predicted octanol–water partition coefficient (Wildman–Crippen LogP) is 4.40. The van der Waals surface area contributed by atoms with Gasteiger partial charge in [0.2, 0.25) is 0 Å². The maximum atomic E-state index is 6.06. The zero-order chi connectivity index (χ0) is 12.5. The maximum absolute atomic E-state index is 6.06. The summed E-state index contributed by atoms with van der Waals surface area (Å²) in [6, 6.07) is 10.5. The van der Waals surface area contributed by atoms with Crippen molar-refractivity contribution in [3.05, 3.63) is 58.9 Å². The van der Waals surface area contributed by atoms with Crippen molar-refractivity contribution >= 4 is 17.3 Å². The first kappa shape index (κ1) is 11.5. The van der Waals surface area contributed by atoms with Crippen LogP contribution in [-0.4, -0.2) is 4.98 Å². The van der Waals surface area contributed by atoms with E-state index >= 15 is 0 Å². The Labute approximate surface area is 112 Å². The van der Waals surface area contributed by atoms with Gasteiger partial charge < -0.3 is 5.32 Å². The number of anilines is 1. The van der Waals surface area contributed by atoms with Gasteiger partial charge in [-0.3, -0.25) is 4.98 Å². The van der Waals surface area contributed by atoms with E-state index in [0.29, 0.717) is 12.0 Å². The van der Waals surface area contributed by atoms with Crippen molar-refractivity contribution in [2.45, 2.75) is 25.3 Å². The SMILES string of the molecule is CC1CC(c2cccnc2)Nc2ccc(Cl)cc21. The van der Waals surface area contributed by atoms with Crippen LogP contribution in [0, 0.1) is 0 Å². The van der Waals surface area contributed by atoms with E-state index in [4.69, 9.17) is 11.6 Å². The minimum absolute atomic E-state index is 0.336. The molecule has 3 rings (SSSR count). The fourth-order valence-electron chi connectivity index (χ4n) is 2.60. The molecule has 18 heavy (non-hydrogen) atoms. The Morgan fingerprint density at radius 1 is 1.33 bits per heavy atom. The Morgan fingerprint density at radius 3 is 3.00 bits per heavy atom. The first-order valence-corrected chi connectivity index (χ1v) is 6.58. The molecule has 0 amide bonds. The van der Waals surface area contributed by atoms with Gasteiger partial charge in [-0.15, -0.1) is 0 Å². The summed E-state index contributed by atoms with van der Waals surface area (Å²) in [6.45, 7) is 2.25. The van der Waals surface area contributed by atoms with Crippen molar-refractivity contribution in [3.63, 3.8) is 0 Å². The molecule has 1 N–H and O–H groups in total. The number of hydrogen-bond donors (Lipinski definition) is 1. The predicted molar refractivity (Wildman–Crippen MR) is 75.1 cm³/mol. The molecule has 92 valence electrons. The highest BCUT2D eigenvalue weighted by Crippen LogP contribution is 2.40. The van der Waals surface area contributed by atoms with Gasteiger partial charge in [-0.25, -0.2) is 0 Å². The van der Waals surface area contributed by atoms with Gasteiger partial charge >= 0.3 is 0 Å². The highest BCUT2D eigenvalue weighted by Gasteiger charge is 2.24. The molecule has 2 atom stereocenters. The van der Waals surface area contributed by atoms with Gasteiger partial charge in [0.15, 0.2) is 0 Å². The van der Waals surface area contributed by atoms with Gasteiger partial charge in [0.25, 0.3) is 0 Å². The molecule has 2 unspecified atom stereocenters. The monoisotopic (exact) mass is 258 g/mol. The third-order valence-corrected chi connectivity index (χ3v) is 3.79. The van der Waals surface area contributed by atoms with E-state index in [2.05, 4.69) is 35.4 Å². The normalized spacial score (nSPS) is 22.1. The van der Waals surface area contributed by atoms with Crippen LogP contribution in [0.4, 0.5) is 5.69 Å². The molecule has 1 aromatic heterocycles. The minimum atomic E-state index is 0.336. The van der Waals surface area contributed by atoms with E-state index < -0.39 is 0 Å². The Morgan fingerprint density at radius 2 is 2.22 bits per heavy atom. The molecular weight excluding hydrogens is 244 g/mol. The van der Waals surface area contributed by atoms with Gasteiger partial charge in [-0.2, -0.15) is 0 Å². The topological polar surface area (TPSA) is 24.9 Å². The molecule has 0 saturated carbocycles. The van der Waals surface area contributed by atoms with E-state index in [-0.39, 0.29) is 0 Å². The van der Waals surface area contributed by atoms with Crippen molar-refractivity contribution in [2.75, 3.05) is 5.32 Å². The van der Waals surface area contributed by atoms with Crippen molar-refractivity contribution in [3.8, 4) is 0 Å². The Bertz CT molecular complexity index is 554. The van der Waals surface area contributed by atoms with Crippen molar-refractivity contribution < 1.29 is 0 Å². The molecular formula is C15H15ClN2. The lowest BCUT2D eigenvalue weighted by molar-refractivity contribution is 0.578. The highest BCUT2D eigenvalue weighted by atomic mass is 35.5. The summed E-state index contributed by atoms with van der Waals surface area (Å²) in [7, 11) is 0. The van der Waals surface area contributed by atoms with Crippen LogP contribution in [0.15, 0.2) is 42.7 Å². The average molecular weight is 259 g/mol. The smallest absolute Gasteiger partial charge is 0.0534 e. The molecule has 1 aliphatic heterocycles. The summed E-state index contributed by atoms with van der Waals surface area (Å²) < 4.78 is 0. The molecule has 0 radical (unpaired) electrons. The average Bonchev–Trinajstić information content (AvgIpc) is 2.40. The second kappa shape index (κ2) is 4.62. The van der Waals surface area contributed by atoms with E-state index in [9.17, 15) is 0 Å². The van der Waals surface area contributed by atoms with Crippen LogP contribution in [0.25, 0.3) is 0 Å². The van der Waals surface area contributed by atoms with Crippen molar-refractivity contribution in [1.29, 1.82) is 0 Å². The lowest BCUT2D eigenvalue weighted by Crippen LogP contribution is -2.20. The van der Waals surface area contributed by atoms with Gasteiger partial charge in [-0.1, -0.05) is 24.6 Å². The number of benzene rings is 1. The molecule has 2 nitrogen and oxygen atoms in total. The van der Waals surface area contributed by atoms with Crippen LogP contribution in [0.5, 0.6) is 0 Å². The van der Waals surface area contributed by atoms with Crippen molar-refractivity contribution in [1.82, 2.24) is 4.98 Å². The number of hydrogen-bond acceptors (Lipinski definition) is 2. The Kier molecular flexibility index (Phi) is 2.96. The van der Waals surface area contributed by atoms with E-state index in [1.165, 1.54) is 16.8 Å². The van der Waals surface area contributed by atoms with Crippen LogP contribution in [-0.2, 0) is 0 Å². The van der Waals surface area contributed by atoms with Crippen molar-refractivity contribution in [2.24, 2.45) is 0 Å². The lowest BCUT2D eigenvalue weighted by atomic mass is 9.86. The van der Waals surface area contributed by atoms with Crippen LogP contribution in [0.1, 0.15) is 36.4 Å². The van der Waals surface area contributed by atoms with Crippen LogP contribution in [0.3, 0.4) is 0 Å².